The summed E-state index contributed by atoms with van der Waals surface area (Å²) in [5.41, 5.74) is 4.45. The van der Waals surface area contributed by atoms with Gasteiger partial charge in [0.25, 0.3) is 5.91 Å². The normalized spacial score (nSPS) is 15.0. The second kappa shape index (κ2) is 7.50. The van der Waals surface area contributed by atoms with Gasteiger partial charge >= 0.3 is 0 Å². The summed E-state index contributed by atoms with van der Waals surface area (Å²) in [5, 5.41) is 2.97. The number of hydrogen-bond acceptors (Lipinski definition) is 3. The summed E-state index contributed by atoms with van der Waals surface area (Å²) in [6.45, 7) is 1.85. The SMILES string of the molecule is CC(NC(=O)c1ccc2c(c1)CCCC2)c1ccccc1NS(C)(=O)=O. The molecule has 0 spiro atoms. The standard InChI is InChI=1S/C20H24N2O3S/c1-14(18-9-5-6-10-19(18)22-26(2,24)25)21-20(23)17-12-11-15-7-3-4-8-16(15)13-17/h5-6,9-14,22H,3-4,7-8H2,1-2H3,(H,21,23). The topological polar surface area (TPSA) is 75.3 Å². The van der Waals surface area contributed by atoms with Gasteiger partial charge < -0.3 is 5.32 Å². The summed E-state index contributed by atoms with van der Waals surface area (Å²) < 4.78 is 25.6. The fourth-order valence-electron chi connectivity index (χ4n) is 3.40. The van der Waals surface area contributed by atoms with E-state index in [9.17, 15) is 13.2 Å². The van der Waals surface area contributed by atoms with Crippen LogP contribution in [-0.2, 0) is 22.9 Å². The van der Waals surface area contributed by atoms with Crippen LogP contribution in [0.2, 0.25) is 0 Å². The molecule has 1 aliphatic carbocycles. The molecule has 1 amide bonds. The molecule has 5 nitrogen and oxygen atoms in total. The molecule has 0 radical (unpaired) electrons. The zero-order valence-corrected chi connectivity index (χ0v) is 15.9. The van der Waals surface area contributed by atoms with Crippen LogP contribution in [0.25, 0.3) is 0 Å². The molecule has 0 saturated heterocycles. The monoisotopic (exact) mass is 372 g/mol. The first kappa shape index (κ1) is 18.5. The number of carbonyl (C=O) groups is 1. The minimum absolute atomic E-state index is 0.153. The first-order valence-corrected chi connectivity index (χ1v) is 10.7. The highest BCUT2D eigenvalue weighted by molar-refractivity contribution is 7.92. The third kappa shape index (κ3) is 4.43. The van der Waals surface area contributed by atoms with Crippen molar-refractivity contribution in [2.75, 3.05) is 11.0 Å². The van der Waals surface area contributed by atoms with E-state index < -0.39 is 10.0 Å². The molecule has 0 fully saturated rings. The molecule has 0 heterocycles. The quantitative estimate of drug-likeness (QED) is 0.844. The van der Waals surface area contributed by atoms with Gasteiger partial charge in [0.15, 0.2) is 0 Å². The lowest BCUT2D eigenvalue weighted by atomic mass is 9.90. The molecule has 26 heavy (non-hydrogen) atoms. The molecule has 0 aromatic heterocycles. The number of nitrogens with one attached hydrogen (secondary N) is 2. The van der Waals surface area contributed by atoms with Gasteiger partial charge in [0.05, 0.1) is 18.0 Å². The van der Waals surface area contributed by atoms with Crippen LogP contribution < -0.4 is 10.0 Å². The van der Waals surface area contributed by atoms with E-state index in [0.717, 1.165) is 24.7 Å². The Morgan fingerprint density at radius 3 is 2.46 bits per heavy atom. The lowest BCUT2D eigenvalue weighted by molar-refractivity contribution is 0.0940. The van der Waals surface area contributed by atoms with Crippen LogP contribution in [0, 0.1) is 0 Å². The van der Waals surface area contributed by atoms with Gasteiger partial charge in [-0.05, 0) is 67.5 Å². The van der Waals surface area contributed by atoms with E-state index in [1.54, 1.807) is 12.1 Å². The summed E-state index contributed by atoms with van der Waals surface area (Å²) in [5.74, 6) is -0.153. The van der Waals surface area contributed by atoms with Crippen LogP contribution in [0.1, 0.15) is 52.9 Å². The first-order valence-electron chi connectivity index (χ1n) is 8.83. The molecule has 138 valence electrons. The molecular formula is C20H24N2O3S. The van der Waals surface area contributed by atoms with E-state index in [-0.39, 0.29) is 11.9 Å². The van der Waals surface area contributed by atoms with Crippen molar-refractivity contribution < 1.29 is 13.2 Å². The predicted molar refractivity (Wildman–Crippen MR) is 104 cm³/mol. The molecule has 1 atom stereocenters. The molecule has 2 aromatic rings. The second-order valence-corrected chi connectivity index (χ2v) is 8.60. The van der Waals surface area contributed by atoms with Crippen molar-refractivity contribution in [3.05, 3.63) is 64.7 Å². The first-order chi connectivity index (χ1) is 12.3. The van der Waals surface area contributed by atoms with Crippen molar-refractivity contribution in [3.63, 3.8) is 0 Å². The number of hydrogen-bond donors (Lipinski definition) is 2. The summed E-state index contributed by atoms with van der Waals surface area (Å²) in [7, 11) is -3.39. The van der Waals surface area contributed by atoms with Gasteiger partial charge in [-0.2, -0.15) is 0 Å². The number of benzene rings is 2. The van der Waals surface area contributed by atoms with E-state index in [2.05, 4.69) is 10.0 Å². The Bertz CT molecular complexity index is 922. The molecule has 0 bridgehead atoms. The van der Waals surface area contributed by atoms with Crippen LogP contribution >= 0.6 is 0 Å². The van der Waals surface area contributed by atoms with Gasteiger partial charge in [0.2, 0.25) is 10.0 Å². The third-order valence-corrected chi connectivity index (χ3v) is 5.27. The van der Waals surface area contributed by atoms with Gasteiger partial charge in [-0.1, -0.05) is 24.3 Å². The molecule has 0 saturated carbocycles. The smallest absolute Gasteiger partial charge is 0.251 e. The largest absolute Gasteiger partial charge is 0.345 e. The number of rotatable bonds is 5. The Hall–Kier alpha value is -2.34. The average Bonchev–Trinajstić information content (AvgIpc) is 2.60. The summed E-state index contributed by atoms with van der Waals surface area (Å²) in [6.07, 6.45) is 5.59. The Kier molecular flexibility index (Phi) is 5.32. The van der Waals surface area contributed by atoms with Gasteiger partial charge in [0.1, 0.15) is 0 Å². The van der Waals surface area contributed by atoms with Crippen LogP contribution in [0.4, 0.5) is 5.69 Å². The second-order valence-electron chi connectivity index (χ2n) is 6.85. The highest BCUT2D eigenvalue weighted by atomic mass is 32.2. The van der Waals surface area contributed by atoms with Crippen LogP contribution in [0.3, 0.4) is 0 Å². The van der Waals surface area contributed by atoms with Gasteiger partial charge in [0, 0.05) is 5.56 Å². The van der Waals surface area contributed by atoms with E-state index in [4.69, 9.17) is 0 Å². The molecule has 6 heteroatoms. The Morgan fingerprint density at radius 1 is 1.04 bits per heavy atom. The lowest BCUT2D eigenvalue weighted by Crippen LogP contribution is -2.27. The highest BCUT2D eigenvalue weighted by Crippen LogP contribution is 2.25. The highest BCUT2D eigenvalue weighted by Gasteiger charge is 2.17. The molecule has 1 aliphatic rings. The number of amides is 1. The Morgan fingerprint density at radius 2 is 1.73 bits per heavy atom. The van der Waals surface area contributed by atoms with Crippen molar-refractivity contribution >= 4 is 21.6 Å². The van der Waals surface area contributed by atoms with Crippen LogP contribution in [-0.4, -0.2) is 20.6 Å². The summed E-state index contributed by atoms with van der Waals surface area (Å²) in [6, 6.07) is 12.7. The fraction of sp³-hybridized carbons (Fsp3) is 0.350. The van der Waals surface area contributed by atoms with Crippen LogP contribution in [0.15, 0.2) is 42.5 Å². The van der Waals surface area contributed by atoms with Gasteiger partial charge in [-0.3, -0.25) is 9.52 Å². The lowest BCUT2D eigenvalue weighted by Gasteiger charge is -2.20. The van der Waals surface area contributed by atoms with E-state index in [1.807, 2.05) is 37.3 Å². The molecule has 3 rings (SSSR count). The number of carbonyl (C=O) groups excluding carboxylic acids is 1. The number of para-hydroxylation sites is 1. The fourth-order valence-corrected chi connectivity index (χ4v) is 3.99. The maximum absolute atomic E-state index is 12.7. The van der Waals surface area contributed by atoms with Crippen molar-refractivity contribution in [2.24, 2.45) is 0 Å². The maximum atomic E-state index is 12.7. The van der Waals surface area contributed by atoms with Crippen molar-refractivity contribution in [1.29, 1.82) is 0 Å². The van der Waals surface area contributed by atoms with Gasteiger partial charge in [-0.25, -0.2) is 8.42 Å². The summed E-state index contributed by atoms with van der Waals surface area (Å²) >= 11 is 0. The number of aryl methyl sites for hydroxylation is 2. The van der Waals surface area contributed by atoms with Crippen molar-refractivity contribution in [1.82, 2.24) is 5.32 Å². The number of anilines is 1. The summed E-state index contributed by atoms with van der Waals surface area (Å²) in [4.78, 5) is 12.7. The molecule has 0 aliphatic heterocycles. The van der Waals surface area contributed by atoms with E-state index >= 15 is 0 Å². The minimum Gasteiger partial charge on any atom is -0.345 e. The molecule has 1 unspecified atom stereocenters. The number of sulfonamides is 1. The average molecular weight is 372 g/mol. The third-order valence-electron chi connectivity index (χ3n) is 4.68. The number of fused-ring (bicyclic) bond motifs is 1. The van der Waals surface area contributed by atoms with Crippen molar-refractivity contribution in [3.8, 4) is 0 Å². The van der Waals surface area contributed by atoms with Crippen LogP contribution in [0.5, 0.6) is 0 Å². The predicted octanol–water partition coefficient (Wildman–Crippen LogP) is 3.43. The van der Waals surface area contributed by atoms with E-state index in [1.165, 1.54) is 24.0 Å². The van der Waals surface area contributed by atoms with Gasteiger partial charge in [-0.15, -0.1) is 0 Å². The molecular weight excluding hydrogens is 348 g/mol. The Labute approximate surface area is 154 Å². The maximum Gasteiger partial charge on any atom is 0.251 e. The Balaban J connectivity index is 1.78. The zero-order valence-electron chi connectivity index (χ0n) is 15.1. The molecule has 2 aromatic carbocycles. The minimum atomic E-state index is -3.39. The van der Waals surface area contributed by atoms with E-state index in [0.29, 0.717) is 11.3 Å². The molecule has 2 N–H and O–H groups in total. The zero-order chi connectivity index (χ0) is 18.7. The van der Waals surface area contributed by atoms with Crippen molar-refractivity contribution in [2.45, 2.75) is 38.6 Å².